The van der Waals surface area contributed by atoms with Crippen molar-refractivity contribution in [3.63, 3.8) is 0 Å². The molecule has 0 amide bonds. The van der Waals surface area contributed by atoms with Crippen molar-refractivity contribution in [2.45, 2.75) is 45.1 Å². The predicted molar refractivity (Wildman–Crippen MR) is 62.9 cm³/mol. The molecule has 1 aromatic rings. The van der Waals surface area contributed by atoms with Crippen molar-refractivity contribution in [3.05, 3.63) is 35.4 Å². The van der Waals surface area contributed by atoms with E-state index in [0.29, 0.717) is 5.92 Å². The number of aryl methyl sites for hydroxylation is 1. The maximum absolute atomic E-state index is 9.85. The Morgan fingerprint density at radius 1 is 1.27 bits per heavy atom. The molecule has 1 aliphatic rings. The fourth-order valence-electron chi connectivity index (χ4n) is 2.69. The summed E-state index contributed by atoms with van der Waals surface area (Å²) >= 11 is 0. The highest BCUT2D eigenvalue weighted by atomic mass is 16.3. The zero-order chi connectivity index (χ0) is 11.1. The number of aliphatic hydroxyl groups is 1. The molecule has 0 aromatic heterocycles. The van der Waals surface area contributed by atoms with Crippen LogP contribution in [-0.4, -0.2) is 11.2 Å². The molecule has 0 saturated heterocycles. The summed E-state index contributed by atoms with van der Waals surface area (Å²) in [5.41, 5.74) is 2.83. The molecule has 1 N–H and O–H groups in total. The molecule has 1 fully saturated rings. The van der Waals surface area contributed by atoms with Gasteiger partial charge < -0.3 is 5.11 Å². The highest BCUT2D eigenvalue weighted by molar-refractivity contribution is 5.30. The number of rotatable bonds is 1. The van der Waals surface area contributed by atoms with Crippen molar-refractivity contribution in [3.8, 4) is 0 Å². The van der Waals surface area contributed by atoms with Gasteiger partial charge in [-0.1, -0.05) is 43.7 Å². The topological polar surface area (TPSA) is 20.2 Å². The molecule has 2 rings (SSSR count). The maximum atomic E-state index is 9.85. The van der Waals surface area contributed by atoms with Crippen molar-refractivity contribution in [2.24, 2.45) is 5.92 Å². The molecule has 1 heteroatoms. The first-order chi connectivity index (χ1) is 7.04. The molecular formula is C14H20O. The number of hydrogen-bond donors (Lipinski definition) is 1. The molecule has 1 aliphatic carbocycles. The standard InChI is InChI=1S/C14H20O/c1-10-4-6-12(7-5-10)14(3)9-8-13(15)11(14)2/h4-7,11,13,15H,8-9H2,1-3H3/t11-,13?,14+/m1/s1. The van der Waals surface area contributed by atoms with Crippen LogP contribution in [0.4, 0.5) is 0 Å². The lowest BCUT2D eigenvalue weighted by molar-refractivity contribution is 0.122. The summed E-state index contributed by atoms with van der Waals surface area (Å²) in [4.78, 5) is 0. The van der Waals surface area contributed by atoms with E-state index < -0.39 is 0 Å². The smallest absolute Gasteiger partial charge is 0.0574 e. The van der Waals surface area contributed by atoms with E-state index in [1.807, 2.05) is 0 Å². The second-order valence-corrected chi connectivity index (χ2v) is 5.18. The molecule has 0 spiro atoms. The van der Waals surface area contributed by atoms with Gasteiger partial charge in [0.15, 0.2) is 0 Å². The third-order valence-electron chi connectivity index (χ3n) is 4.25. The fraction of sp³-hybridized carbons (Fsp3) is 0.571. The second-order valence-electron chi connectivity index (χ2n) is 5.18. The third-order valence-corrected chi connectivity index (χ3v) is 4.25. The molecular weight excluding hydrogens is 184 g/mol. The van der Waals surface area contributed by atoms with Gasteiger partial charge in [0.2, 0.25) is 0 Å². The average Bonchev–Trinajstić information content (AvgIpc) is 2.48. The lowest BCUT2D eigenvalue weighted by atomic mass is 9.74. The molecule has 15 heavy (non-hydrogen) atoms. The SMILES string of the molecule is Cc1ccc([C@@]2(C)CCC(O)[C@H]2C)cc1. The van der Waals surface area contributed by atoms with Crippen LogP contribution in [0.15, 0.2) is 24.3 Å². The Morgan fingerprint density at radius 2 is 1.87 bits per heavy atom. The van der Waals surface area contributed by atoms with Crippen LogP contribution in [0, 0.1) is 12.8 Å². The summed E-state index contributed by atoms with van der Waals surface area (Å²) in [7, 11) is 0. The van der Waals surface area contributed by atoms with E-state index in [4.69, 9.17) is 0 Å². The highest BCUT2D eigenvalue weighted by Gasteiger charge is 2.42. The molecule has 82 valence electrons. The molecule has 0 heterocycles. The van der Waals surface area contributed by atoms with Crippen molar-refractivity contribution in [1.82, 2.24) is 0 Å². The van der Waals surface area contributed by atoms with Gasteiger partial charge in [-0.25, -0.2) is 0 Å². The van der Waals surface area contributed by atoms with Crippen LogP contribution in [0.3, 0.4) is 0 Å². The van der Waals surface area contributed by atoms with E-state index in [1.165, 1.54) is 11.1 Å². The summed E-state index contributed by atoms with van der Waals surface area (Å²) in [5, 5.41) is 9.85. The molecule has 1 nitrogen and oxygen atoms in total. The van der Waals surface area contributed by atoms with Crippen LogP contribution >= 0.6 is 0 Å². The summed E-state index contributed by atoms with van der Waals surface area (Å²) in [6.45, 7) is 6.55. The predicted octanol–water partition coefficient (Wildman–Crippen LogP) is 3.04. The Balaban J connectivity index is 2.33. The quantitative estimate of drug-likeness (QED) is 0.745. The van der Waals surface area contributed by atoms with Gasteiger partial charge in [-0.2, -0.15) is 0 Å². The van der Waals surface area contributed by atoms with Gasteiger partial charge in [0.1, 0.15) is 0 Å². The Hall–Kier alpha value is -0.820. The van der Waals surface area contributed by atoms with Gasteiger partial charge in [0, 0.05) is 0 Å². The first-order valence-electron chi connectivity index (χ1n) is 5.79. The van der Waals surface area contributed by atoms with Crippen molar-refractivity contribution >= 4 is 0 Å². The van der Waals surface area contributed by atoms with Crippen molar-refractivity contribution in [2.75, 3.05) is 0 Å². The Morgan fingerprint density at radius 3 is 2.33 bits per heavy atom. The number of benzene rings is 1. The third kappa shape index (κ3) is 1.69. The van der Waals surface area contributed by atoms with Crippen molar-refractivity contribution in [1.29, 1.82) is 0 Å². The number of hydrogen-bond acceptors (Lipinski definition) is 1. The summed E-state index contributed by atoms with van der Waals surface area (Å²) in [5.74, 6) is 0.361. The lowest BCUT2D eigenvalue weighted by Crippen LogP contribution is -2.29. The maximum Gasteiger partial charge on any atom is 0.0574 e. The molecule has 3 atom stereocenters. The highest BCUT2D eigenvalue weighted by Crippen LogP contribution is 2.45. The lowest BCUT2D eigenvalue weighted by Gasteiger charge is -2.31. The van der Waals surface area contributed by atoms with E-state index in [2.05, 4.69) is 45.0 Å². The molecule has 1 aromatic carbocycles. The zero-order valence-electron chi connectivity index (χ0n) is 9.83. The van der Waals surface area contributed by atoms with E-state index in [0.717, 1.165) is 12.8 Å². The van der Waals surface area contributed by atoms with E-state index >= 15 is 0 Å². The molecule has 0 radical (unpaired) electrons. The Labute approximate surface area is 92.1 Å². The first kappa shape index (κ1) is 10.7. The minimum atomic E-state index is -0.128. The van der Waals surface area contributed by atoms with Gasteiger partial charge in [-0.05, 0) is 36.7 Å². The summed E-state index contributed by atoms with van der Waals surface area (Å²) in [6, 6.07) is 8.75. The zero-order valence-corrected chi connectivity index (χ0v) is 9.83. The largest absolute Gasteiger partial charge is 0.393 e. The van der Waals surface area contributed by atoms with Crippen LogP contribution in [0.25, 0.3) is 0 Å². The Kier molecular flexibility index (Phi) is 2.59. The van der Waals surface area contributed by atoms with Gasteiger partial charge in [0.25, 0.3) is 0 Å². The van der Waals surface area contributed by atoms with Gasteiger partial charge in [0.05, 0.1) is 6.10 Å². The van der Waals surface area contributed by atoms with Gasteiger partial charge in [-0.3, -0.25) is 0 Å². The molecule has 0 aliphatic heterocycles. The molecule has 1 saturated carbocycles. The van der Waals surface area contributed by atoms with Crippen LogP contribution in [0.2, 0.25) is 0 Å². The van der Waals surface area contributed by atoms with Crippen LogP contribution in [0.1, 0.15) is 37.8 Å². The van der Waals surface area contributed by atoms with E-state index in [1.54, 1.807) is 0 Å². The second kappa shape index (κ2) is 3.64. The monoisotopic (exact) mass is 204 g/mol. The molecule has 1 unspecified atom stereocenters. The minimum Gasteiger partial charge on any atom is -0.393 e. The van der Waals surface area contributed by atoms with Crippen molar-refractivity contribution < 1.29 is 5.11 Å². The summed E-state index contributed by atoms with van der Waals surface area (Å²) in [6.07, 6.45) is 1.90. The van der Waals surface area contributed by atoms with Crippen LogP contribution < -0.4 is 0 Å². The van der Waals surface area contributed by atoms with Gasteiger partial charge >= 0.3 is 0 Å². The minimum absolute atomic E-state index is 0.128. The van der Waals surface area contributed by atoms with E-state index in [-0.39, 0.29) is 11.5 Å². The molecule has 0 bridgehead atoms. The Bertz CT molecular complexity index is 341. The van der Waals surface area contributed by atoms with E-state index in [9.17, 15) is 5.11 Å². The number of aliphatic hydroxyl groups excluding tert-OH is 1. The first-order valence-corrected chi connectivity index (χ1v) is 5.79. The van der Waals surface area contributed by atoms with Crippen LogP contribution in [0.5, 0.6) is 0 Å². The fourth-order valence-corrected chi connectivity index (χ4v) is 2.69. The normalized spacial score (nSPS) is 35.7. The average molecular weight is 204 g/mol. The van der Waals surface area contributed by atoms with Gasteiger partial charge in [-0.15, -0.1) is 0 Å². The van der Waals surface area contributed by atoms with Crippen LogP contribution in [-0.2, 0) is 5.41 Å². The summed E-state index contributed by atoms with van der Waals surface area (Å²) < 4.78 is 0.